The molecule has 6 nitrogen and oxygen atoms in total. The van der Waals surface area contributed by atoms with Gasteiger partial charge in [0.25, 0.3) is 5.91 Å². The quantitative estimate of drug-likeness (QED) is 0.749. The number of benzene rings is 2. The highest BCUT2D eigenvalue weighted by Gasteiger charge is 2.47. The second kappa shape index (κ2) is 8.71. The number of nitrogens with zero attached hydrogens (tertiary/aromatic N) is 1. The maximum Gasteiger partial charge on any atom is 0.254 e. The maximum absolute atomic E-state index is 13.4. The number of hydrogen-bond donors (Lipinski definition) is 2. The Kier molecular flexibility index (Phi) is 6.01. The smallest absolute Gasteiger partial charge is 0.254 e. The molecule has 2 aromatic rings. The Morgan fingerprint density at radius 3 is 2.58 bits per heavy atom. The van der Waals surface area contributed by atoms with Gasteiger partial charge in [0, 0.05) is 27.9 Å². The van der Waals surface area contributed by atoms with Gasteiger partial charge in [-0.1, -0.05) is 30.5 Å². The SMILES string of the molecule is Cc1cc(NC(=O)C2CC3CCCCC3N2C(=O)c2cccc(Cl)c2)ccc1C(N)=O. The van der Waals surface area contributed by atoms with E-state index in [9.17, 15) is 14.4 Å². The minimum absolute atomic E-state index is 0.0648. The molecule has 3 unspecified atom stereocenters. The van der Waals surface area contributed by atoms with Crippen LogP contribution in [-0.2, 0) is 4.79 Å². The zero-order valence-corrected chi connectivity index (χ0v) is 18.2. The summed E-state index contributed by atoms with van der Waals surface area (Å²) in [6.45, 7) is 1.77. The van der Waals surface area contributed by atoms with E-state index in [-0.39, 0.29) is 17.9 Å². The van der Waals surface area contributed by atoms with Crippen LogP contribution >= 0.6 is 11.6 Å². The molecule has 1 saturated heterocycles. The summed E-state index contributed by atoms with van der Waals surface area (Å²) in [5, 5.41) is 3.43. The first-order chi connectivity index (χ1) is 14.8. The summed E-state index contributed by atoms with van der Waals surface area (Å²) in [7, 11) is 0. The first kappa shape index (κ1) is 21.4. The minimum Gasteiger partial charge on any atom is -0.366 e. The van der Waals surface area contributed by atoms with Crippen molar-refractivity contribution in [3.05, 3.63) is 64.2 Å². The number of aryl methyl sites for hydroxylation is 1. The number of nitrogens with two attached hydrogens (primary N) is 1. The van der Waals surface area contributed by atoms with Gasteiger partial charge in [-0.2, -0.15) is 0 Å². The average Bonchev–Trinajstić information content (AvgIpc) is 3.13. The summed E-state index contributed by atoms with van der Waals surface area (Å²) in [5.74, 6) is -0.548. The minimum atomic E-state index is -0.546. The van der Waals surface area contributed by atoms with Gasteiger partial charge in [-0.25, -0.2) is 0 Å². The second-order valence-corrected chi connectivity index (χ2v) is 8.91. The molecule has 0 aromatic heterocycles. The van der Waals surface area contributed by atoms with E-state index in [4.69, 9.17) is 17.3 Å². The van der Waals surface area contributed by atoms with E-state index >= 15 is 0 Å². The Morgan fingerprint density at radius 1 is 1.10 bits per heavy atom. The molecular formula is C24H26ClN3O3. The van der Waals surface area contributed by atoms with E-state index in [2.05, 4.69) is 5.32 Å². The van der Waals surface area contributed by atoms with Crippen LogP contribution in [0.25, 0.3) is 0 Å². The molecule has 3 N–H and O–H groups in total. The van der Waals surface area contributed by atoms with E-state index in [1.807, 2.05) is 0 Å². The highest BCUT2D eigenvalue weighted by molar-refractivity contribution is 6.31. The summed E-state index contributed by atoms with van der Waals surface area (Å²) in [5.41, 5.74) is 7.56. The number of hydrogen-bond acceptors (Lipinski definition) is 3. The van der Waals surface area contributed by atoms with Crippen molar-refractivity contribution < 1.29 is 14.4 Å². The Morgan fingerprint density at radius 2 is 1.87 bits per heavy atom. The molecule has 1 aliphatic carbocycles. The van der Waals surface area contributed by atoms with E-state index in [1.165, 1.54) is 0 Å². The van der Waals surface area contributed by atoms with Crippen LogP contribution in [0.15, 0.2) is 42.5 Å². The molecule has 162 valence electrons. The molecule has 0 spiro atoms. The number of primary amides is 1. The predicted octanol–water partition coefficient (Wildman–Crippen LogP) is 4.16. The third-order valence-corrected chi connectivity index (χ3v) is 6.69. The number of fused-ring (bicyclic) bond motifs is 1. The van der Waals surface area contributed by atoms with Crippen molar-refractivity contribution in [3.8, 4) is 0 Å². The molecule has 31 heavy (non-hydrogen) atoms. The molecule has 2 fully saturated rings. The van der Waals surface area contributed by atoms with Crippen LogP contribution in [0.4, 0.5) is 5.69 Å². The number of rotatable bonds is 4. The summed E-state index contributed by atoms with van der Waals surface area (Å²) >= 11 is 6.11. The van der Waals surface area contributed by atoms with Gasteiger partial charge < -0.3 is 16.0 Å². The number of carbonyl (C=O) groups excluding carboxylic acids is 3. The Bertz CT molecular complexity index is 1040. The highest BCUT2D eigenvalue weighted by Crippen LogP contribution is 2.41. The Labute approximate surface area is 186 Å². The van der Waals surface area contributed by atoms with Crippen molar-refractivity contribution in [2.75, 3.05) is 5.32 Å². The van der Waals surface area contributed by atoms with E-state index < -0.39 is 11.9 Å². The van der Waals surface area contributed by atoms with Crippen LogP contribution in [0, 0.1) is 12.8 Å². The summed E-state index contributed by atoms with van der Waals surface area (Å²) in [4.78, 5) is 39.9. The molecule has 0 bridgehead atoms. The van der Waals surface area contributed by atoms with E-state index in [1.54, 1.807) is 54.3 Å². The number of anilines is 1. The number of likely N-dealkylation sites (tertiary alicyclic amines) is 1. The van der Waals surface area contributed by atoms with Gasteiger partial charge in [0.1, 0.15) is 6.04 Å². The lowest BCUT2D eigenvalue weighted by molar-refractivity contribution is -0.120. The maximum atomic E-state index is 13.4. The van der Waals surface area contributed by atoms with Crippen molar-refractivity contribution in [2.45, 2.75) is 51.1 Å². The van der Waals surface area contributed by atoms with Gasteiger partial charge in [0.15, 0.2) is 0 Å². The van der Waals surface area contributed by atoms with Crippen molar-refractivity contribution in [1.82, 2.24) is 4.90 Å². The zero-order chi connectivity index (χ0) is 22.1. The van der Waals surface area contributed by atoms with Crippen molar-refractivity contribution >= 4 is 35.0 Å². The molecule has 4 rings (SSSR count). The Balaban J connectivity index is 1.60. The highest BCUT2D eigenvalue weighted by atomic mass is 35.5. The van der Waals surface area contributed by atoms with Gasteiger partial charge in [-0.15, -0.1) is 0 Å². The third-order valence-electron chi connectivity index (χ3n) is 6.46. The number of halogens is 1. The topological polar surface area (TPSA) is 92.5 Å². The van der Waals surface area contributed by atoms with Crippen LogP contribution in [0.2, 0.25) is 5.02 Å². The summed E-state index contributed by atoms with van der Waals surface area (Å²) in [6, 6.07) is 11.4. The average molecular weight is 440 g/mol. The monoisotopic (exact) mass is 439 g/mol. The fourth-order valence-electron chi connectivity index (χ4n) is 5.00. The van der Waals surface area contributed by atoms with Crippen LogP contribution in [0.1, 0.15) is 58.4 Å². The van der Waals surface area contributed by atoms with E-state index in [0.717, 1.165) is 25.7 Å². The van der Waals surface area contributed by atoms with Gasteiger partial charge in [0.2, 0.25) is 11.8 Å². The van der Waals surface area contributed by atoms with Gasteiger partial charge in [0.05, 0.1) is 0 Å². The molecule has 3 atom stereocenters. The van der Waals surface area contributed by atoms with Gasteiger partial charge in [-0.05, 0) is 74.1 Å². The third kappa shape index (κ3) is 4.30. The molecule has 3 amide bonds. The number of carbonyl (C=O) groups is 3. The van der Waals surface area contributed by atoms with Crippen LogP contribution in [0.5, 0.6) is 0 Å². The lowest BCUT2D eigenvalue weighted by Gasteiger charge is -2.33. The summed E-state index contributed by atoms with van der Waals surface area (Å²) < 4.78 is 0. The first-order valence-electron chi connectivity index (χ1n) is 10.6. The van der Waals surface area contributed by atoms with Gasteiger partial charge >= 0.3 is 0 Å². The molecule has 1 saturated carbocycles. The zero-order valence-electron chi connectivity index (χ0n) is 17.4. The largest absolute Gasteiger partial charge is 0.366 e. The summed E-state index contributed by atoms with van der Waals surface area (Å²) in [6.07, 6.45) is 4.78. The lowest BCUT2D eigenvalue weighted by Crippen LogP contribution is -2.47. The number of nitrogens with one attached hydrogen (secondary N) is 1. The normalized spacial score (nSPS) is 22.6. The second-order valence-electron chi connectivity index (χ2n) is 8.47. The Hall–Kier alpha value is -2.86. The molecule has 0 radical (unpaired) electrons. The standard InChI is InChI=1S/C24H26ClN3O3/c1-14-11-18(9-10-19(14)22(26)29)27-23(30)21-13-15-5-2-3-8-20(15)28(21)24(31)16-6-4-7-17(25)12-16/h4,6-7,9-12,15,20-21H,2-3,5,8,13H2,1H3,(H2,26,29)(H,27,30). The molecule has 1 heterocycles. The van der Waals surface area contributed by atoms with E-state index in [0.29, 0.717) is 39.7 Å². The van der Waals surface area contributed by atoms with Gasteiger partial charge in [-0.3, -0.25) is 14.4 Å². The van der Waals surface area contributed by atoms with Crippen molar-refractivity contribution in [2.24, 2.45) is 11.7 Å². The fourth-order valence-corrected chi connectivity index (χ4v) is 5.19. The molecule has 2 aromatic carbocycles. The van der Waals surface area contributed by atoms with Crippen molar-refractivity contribution in [3.63, 3.8) is 0 Å². The first-order valence-corrected chi connectivity index (χ1v) is 11.0. The van der Waals surface area contributed by atoms with Crippen LogP contribution in [-0.4, -0.2) is 34.7 Å². The lowest BCUT2D eigenvalue weighted by atomic mass is 9.84. The predicted molar refractivity (Wildman–Crippen MR) is 120 cm³/mol. The molecular weight excluding hydrogens is 414 g/mol. The molecule has 7 heteroatoms. The van der Waals surface area contributed by atoms with Crippen molar-refractivity contribution in [1.29, 1.82) is 0 Å². The molecule has 2 aliphatic rings. The van der Waals surface area contributed by atoms with Crippen LogP contribution < -0.4 is 11.1 Å². The number of amides is 3. The molecule has 1 aliphatic heterocycles. The van der Waals surface area contributed by atoms with Crippen LogP contribution in [0.3, 0.4) is 0 Å². The fraction of sp³-hybridized carbons (Fsp3) is 0.375.